The van der Waals surface area contributed by atoms with Crippen LogP contribution in [0, 0.1) is 0 Å². The van der Waals surface area contributed by atoms with Crippen LogP contribution in [-0.2, 0) is 0 Å². The Morgan fingerprint density at radius 3 is 2.54 bits per heavy atom. The Morgan fingerprint density at radius 1 is 1.12 bits per heavy atom. The van der Waals surface area contributed by atoms with Crippen LogP contribution in [0.1, 0.15) is 18.5 Å². The molecule has 0 saturated heterocycles. The summed E-state index contributed by atoms with van der Waals surface area (Å²) in [5, 5.41) is 5.76. The summed E-state index contributed by atoms with van der Waals surface area (Å²) in [7, 11) is 5.61. The predicted molar refractivity (Wildman–Crippen MR) is 104 cm³/mol. The molecule has 2 aromatic carbocycles. The molecule has 0 spiro atoms. The van der Waals surface area contributed by atoms with Crippen LogP contribution in [0.3, 0.4) is 0 Å². The van der Waals surface area contributed by atoms with Gasteiger partial charge < -0.3 is 25.0 Å². The van der Waals surface area contributed by atoms with E-state index in [0.29, 0.717) is 18.8 Å². The summed E-state index contributed by atoms with van der Waals surface area (Å²) < 4.78 is 10.7. The van der Waals surface area contributed by atoms with E-state index in [1.807, 2.05) is 63.5 Å². The third-order valence-corrected chi connectivity index (χ3v) is 3.96. The largest absolute Gasteiger partial charge is 0.497 e. The van der Waals surface area contributed by atoms with E-state index in [1.165, 1.54) is 0 Å². The lowest BCUT2D eigenvalue weighted by atomic mass is 10.1. The Morgan fingerprint density at radius 2 is 1.85 bits per heavy atom. The highest BCUT2D eigenvalue weighted by Crippen LogP contribution is 2.22. The van der Waals surface area contributed by atoms with Crippen molar-refractivity contribution in [3.05, 3.63) is 54.1 Å². The highest BCUT2D eigenvalue weighted by Gasteiger charge is 2.16. The van der Waals surface area contributed by atoms with Crippen molar-refractivity contribution in [2.75, 3.05) is 39.7 Å². The summed E-state index contributed by atoms with van der Waals surface area (Å²) in [4.78, 5) is 14.3. The van der Waals surface area contributed by atoms with Crippen LogP contribution in [0.5, 0.6) is 11.5 Å². The van der Waals surface area contributed by atoms with Crippen LogP contribution in [0.25, 0.3) is 0 Å². The van der Waals surface area contributed by atoms with E-state index < -0.39 is 0 Å². The number of anilines is 1. The number of carbonyl (C=O) groups excluding carboxylic acids is 1. The van der Waals surface area contributed by atoms with Gasteiger partial charge in [0.2, 0.25) is 0 Å². The molecule has 2 amide bonds. The smallest absolute Gasteiger partial charge is 0.319 e. The first-order chi connectivity index (χ1) is 12.5. The first kappa shape index (κ1) is 19.6. The van der Waals surface area contributed by atoms with E-state index in [2.05, 4.69) is 15.5 Å². The van der Waals surface area contributed by atoms with Gasteiger partial charge in [-0.15, -0.1) is 0 Å². The molecule has 0 aromatic heterocycles. The normalized spacial score (nSPS) is 11.7. The molecule has 0 aliphatic heterocycles. The van der Waals surface area contributed by atoms with Crippen molar-refractivity contribution in [1.82, 2.24) is 10.2 Å². The molecule has 0 fully saturated rings. The molecule has 0 bridgehead atoms. The number of benzene rings is 2. The maximum Gasteiger partial charge on any atom is 0.319 e. The van der Waals surface area contributed by atoms with E-state index in [9.17, 15) is 4.79 Å². The van der Waals surface area contributed by atoms with Gasteiger partial charge in [0.05, 0.1) is 19.8 Å². The van der Waals surface area contributed by atoms with Crippen LogP contribution >= 0.6 is 0 Å². The molecule has 1 unspecified atom stereocenters. The molecule has 0 radical (unpaired) electrons. The quantitative estimate of drug-likeness (QED) is 0.759. The second kappa shape index (κ2) is 9.68. The third kappa shape index (κ3) is 5.67. The van der Waals surface area contributed by atoms with Gasteiger partial charge in [0.25, 0.3) is 0 Å². The van der Waals surface area contributed by atoms with Crippen LogP contribution in [-0.4, -0.2) is 45.3 Å². The van der Waals surface area contributed by atoms with Gasteiger partial charge in [0, 0.05) is 18.3 Å². The summed E-state index contributed by atoms with van der Waals surface area (Å²) in [5.41, 5.74) is 1.77. The van der Waals surface area contributed by atoms with E-state index in [-0.39, 0.29) is 12.1 Å². The number of nitrogens with zero attached hydrogens (tertiary/aromatic N) is 1. The molecule has 0 aliphatic rings. The summed E-state index contributed by atoms with van der Waals surface area (Å²) in [5.74, 6) is 1.53. The molecule has 6 nitrogen and oxygen atoms in total. The second-order valence-corrected chi connectivity index (χ2v) is 6.05. The zero-order chi connectivity index (χ0) is 18.9. The lowest BCUT2D eigenvalue weighted by Crippen LogP contribution is -2.36. The maximum atomic E-state index is 12.3. The maximum absolute atomic E-state index is 12.3. The first-order valence-electron chi connectivity index (χ1n) is 8.61. The fourth-order valence-corrected chi connectivity index (χ4v) is 2.64. The monoisotopic (exact) mass is 357 g/mol. The number of hydrogen-bond donors (Lipinski definition) is 2. The number of hydrogen-bond acceptors (Lipinski definition) is 4. The Hall–Kier alpha value is -2.73. The van der Waals surface area contributed by atoms with Crippen molar-refractivity contribution in [3.63, 3.8) is 0 Å². The van der Waals surface area contributed by atoms with Gasteiger partial charge in [0.15, 0.2) is 0 Å². The van der Waals surface area contributed by atoms with Crippen molar-refractivity contribution in [3.8, 4) is 11.5 Å². The molecular formula is C20H27N3O3. The Bertz CT molecular complexity index is 719. The number of nitrogens with one attached hydrogen (secondary N) is 2. The van der Waals surface area contributed by atoms with Crippen LogP contribution < -0.4 is 20.1 Å². The number of likely N-dealkylation sites (N-methyl/N-ethyl adjacent to an activating group) is 1. The standard InChI is InChI=1S/C20H27N3O3/c1-5-26-18-11-7-9-16(13-18)22-20(24)21-14-19(23(2)3)15-8-6-10-17(12-15)25-4/h6-13,19H,5,14H2,1-4H3,(H2,21,22,24). The van der Waals surface area contributed by atoms with Gasteiger partial charge in [-0.3, -0.25) is 0 Å². The molecule has 26 heavy (non-hydrogen) atoms. The predicted octanol–water partition coefficient (Wildman–Crippen LogP) is 3.52. The molecule has 1 atom stereocenters. The topological polar surface area (TPSA) is 62.8 Å². The minimum atomic E-state index is -0.256. The van der Waals surface area contributed by atoms with E-state index in [0.717, 1.165) is 17.1 Å². The minimum Gasteiger partial charge on any atom is -0.497 e. The van der Waals surface area contributed by atoms with Gasteiger partial charge in [-0.05, 0) is 50.8 Å². The first-order valence-corrected chi connectivity index (χ1v) is 8.61. The zero-order valence-electron chi connectivity index (χ0n) is 15.8. The van der Waals surface area contributed by atoms with E-state index in [4.69, 9.17) is 9.47 Å². The van der Waals surface area contributed by atoms with Crippen LogP contribution in [0.4, 0.5) is 10.5 Å². The molecule has 6 heteroatoms. The van der Waals surface area contributed by atoms with Gasteiger partial charge >= 0.3 is 6.03 Å². The summed E-state index contributed by atoms with van der Waals surface area (Å²) in [6, 6.07) is 15.0. The van der Waals surface area contributed by atoms with Gasteiger partial charge in [0.1, 0.15) is 11.5 Å². The van der Waals surface area contributed by atoms with Gasteiger partial charge in [-0.1, -0.05) is 18.2 Å². The van der Waals surface area contributed by atoms with Crippen molar-refractivity contribution in [2.24, 2.45) is 0 Å². The lowest BCUT2D eigenvalue weighted by Gasteiger charge is -2.25. The molecule has 140 valence electrons. The van der Waals surface area contributed by atoms with E-state index >= 15 is 0 Å². The molecule has 0 saturated carbocycles. The number of rotatable bonds is 8. The minimum absolute atomic E-state index is 0.0330. The zero-order valence-corrected chi connectivity index (χ0v) is 15.8. The Balaban J connectivity index is 1.98. The number of carbonyl (C=O) groups is 1. The fraction of sp³-hybridized carbons (Fsp3) is 0.350. The number of amides is 2. The molecule has 2 N–H and O–H groups in total. The average Bonchev–Trinajstić information content (AvgIpc) is 2.62. The molecule has 2 rings (SSSR count). The molecule has 2 aromatic rings. The Kier molecular flexibility index (Phi) is 7.29. The van der Waals surface area contributed by atoms with Crippen molar-refractivity contribution in [1.29, 1.82) is 0 Å². The molecular weight excluding hydrogens is 330 g/mol. The fourth-order valence-electron chi connectivity index (χ4n) is 2.64. The van der Waals surface area contributed by atoms with Crippen molar-refractivity contribution in [2.45, 2.75) is 13.0 Å². The second-order valence-electron chi connectivity index (χ2n) is 6.05. The Labute approximate surface area is 155 Å². The highest BCUT2D eigenvalue weighted by molar-refractivity contribution is 5.89. The summed E-state index contributed by atoms with van der Waals surface area (Å²) >= 11 is 0. The van der Waals surface area contributed by atoms with Gasteiger partial charge in [-0.2, -0.15) is 0 Å². The third-order valence-electron chi connectivity index (χ3n) is 3.96. The van der Waals surface area contributed by atoms with Crippen LogP contribution in [0.2, 0.25) is 0 Å². The highest BCUT2D eigenvalue weighted by atomic mass is 16.5. The van der Waals surface area contributed by atoms with Crippen molar-refractivity contribution >= 4 is 11.7 Å². The molecule has 0 aliphatic carbocycles. The van der Waals surface area contributed by atoms with Crippen LogP contribution in [0.15, 0.2) is 48.5 Å². The van der Waals surface area contributed by atoms with Gasteiger partial charge in [-0.25, -0.2) is 4.79 Å². The van der Waals surface area contributed by atoms with Crippen molar-refractivity contribution < 1.29 is 14.3 Å². The molecule has 0 heterocycles. The number of urea groups is 1. The average molecular weight is 357 g/mol. The van der Waals surface area contributed by atoms with E-state index in [1.54, 1.807) is 13.2 Å². The summed E-state index contributed by atoms with van der Waals surface area (Å²) in [6.07, 6.45) is 0. The number of ether oxygens (including phenoxy) is 2. The SMILES string of the molecule is CCOc1cccc(NC(=O)NCC(c2cccc(OC)c2)N(C)C)c1. The number of methoxy groups -OCH3 is 1. The lowest BCUT2D eigenvalue weighted by molar-refractivity contribution is 0.243. The summed E-state index contributed by atoms with van der Waals surface area (Å²) in [6.45, 7) is 2.98.